The molecule has 0 saturated carbocycles. The highest BCUT2D eigenvalue weighted by Gasteiger charge is 2.14. The van der Waals surface area contributed by atoms with Crippen molar-refractivity contribution in [2.45, 2.75) is 25.7 Å². The molecule has 0 radical (unpaired) electrons. The normalized spacial score (nSPS) is 11.8. The van der Waals surface area contributed by atoms with E-state index in [0.29, 0.717) is 0 Å². The Morgan fingerprint density at radius 1 is 0.808 bits per heavy atom. The Balaban J connectivity index is 1.68. The molecule has 134 valence electrons. The number of aromatic hydroxyl groups is 1. The Morgan fingerprint density at radius 2 is 1.46 bits per heavy atom. The summed E-state index contributed by atoms with van der Waals surface area (Å²) in [6, 6.07) is 14.4. The molecule has 0 aliphatic rings. The fraction of sp³-hybridized carbons (Fsp3) is 0.273. The van der Waals surface area contributed by atoms with E-state index < -0.39 is 0 Å². The predicted molar refractivity (Wildman–Crippen MR) is 117 cm³/mol. The molecule has 26 heavy (non-hydrogen) atoms. The monoisotopic (exact) mass is 474 g/mol. The van der Waals surface area contributed by atoms with Gasteiger partial charge in [-0.05, 0) is 73.9 Å². The minimum absolute atomic E-state index is 0.278. The van der Waals surface area contributed by atoms with E-state index in [1.54, 1.807) is 0 Å². The quantitative estimate of drug-likeness (QED) is 0.171. The maximum Gasteiger partial charge on any atom is 0.131 e. The first-order valence-electron chi connectivity index (χ1n) is 8.98. The second-order valence-corrected chi connectivity index (χ2v) is 8.27. The van der Waals surface area contributed by atoms with Gasteiger partial charge in [0.2, 0.25) is 0 Å². The lowest BCUT2D eigenvalue weighted by Gasteiger charge is -2.14. The van der Waals surface area contributed by atoms with Crippen molar-refractivity contribution in [3.63, 3.8) is 0 Å². The maximum atomic E-state index is 10.1. The summed E-state index contributed by atoms with van der Waals surface area (Å²) in [6.45, 7) is 0.759. The average molecular weight is 476 g/mol. The molecule has 0 spiro atoms. The van der Waals surface area contributed by atoms with Gasteiger partial charge < -0.3 is 9.84 Å². The first-order chi connectivity index (χ1) is 12.7. The third kappa shape index (κ3) is 3.25. The number of phenolic OH excluding ortho intramolecular Hbond substituents is 1. The molecule has 4 aromatic carbocycles. The van der Waals surface area contributed by atoms with Crippen molar-refractivity contribution in [3.05, 3.63) is 46.9 Å². The van der Waals surface area contributed by atoms with Crippen molar-refractivity contribution in [3.8, 4) is 11.5 Å². The van der Waals surface area contributed by atoms with Gasteiger partial charge in [0.1, 0.15) is 11.5 Å². The number of rotatable bonds is 7. The lowest BCUT2D eigenvalue weighted by molar-refractivity contribution is 0.306. The van der Waals surface area contributed by atoms with Crippen molar-refractivity contribution in [1.82, 2.24) is 0 Å². The highest BCUT2D eigenvalue weighted by molar-refractivity contribution is 9.10. The molecule has 0 saturated heterocycles. The van der Waals surface area contributed by atoms with Crippen molar-refractivity contribution in [2.24, 2.45) is 0 Å². The summed E-state index contributed by atoms with van der Waals surface area (Å²) in [5, 5.41) is 18.1. The van der Waals surface area contributed by atoms with Crippen LogP contribution in [-0.4, -0.2) is 17.0 Å². The molecule has 0 heterocycles. The van der Waals surface area contributed by atoms with E-state index in [0.717, 1.165) is 39.4 Å². The van der Waals surface area contributed by atoms with Gasteiger partial charge in [-0.15, -0.1) is 0 Å². The molecule has 0 aromatic heterocycles. The number of benzene rings is 4. The predicted octanol–water partition coefficient (Wildman–Crippen LogP) is 7.39. The van der Waals surface area contributed by atoms with E-state index in [4.69, 9.17) is 4.74 Å². The summed E-state index contributed by atoms with van der Waals surface area (Å²) in [6.07, 6.45) is 4.77. The third-order valence-corrected chi connectivity index (χ3v) is 6.30. The average Bonchev–Trinajstić information content (AvgIpc) is 2.65. The van der Waals surface area contributed by atoms with Gasteiger partial charge >= 0.3 is 0 Å². The molecule has 0 bridgehead atoms. The Hall–Kier alpha value is -1.52. The molecular formula is C22H20Br2O2. The Labute approximate surface area is 169 Å². The van der Waals surface area contributed by atoms with E-state index >= 15 is 0 Å². The van der Waals surface area contributed by atoms with Crippen LogP contribution >= 0.6 is 31.9 Å². The zero-order valence-electron chi connectivity index (χ0n) is 14.4. The van der Waals surface area contributed by atoms with Crippen LogP contribution in [0.15, 0.2) is 46.9 Å². The minimum Gasteiger partial charge on any atom is -0.507 e. The third-order valence-electron chi connectivity index (χ3n) is 4.90. The second kappa shape index (κ2) is 7.61. The lowest BCUT2D eigenvalue weighted by atomic mass is 9.94. The number of hydrogen-bond donors (Lipinski definition) is 1. The molecule has 0 atom stereocenters. The summed E-state index contributed by atoms with van der Waals surface area (Å²) < 4.78 is 6.77. The van der Waals surface area contributed by atoms with Crippen molar-refractivity contribution >= 4 is 64.2 Å². The first-order valence-corrected chi connectivity index (χ1v) is 10.9. The largest absolute Gasteiger partial charge is 0.507 e. The topological polar surface area (TPSA) is 29.5 Å². The standard InChI is InChI=1S/C22H20Br2O2/c23-9-3-1-2-4-10-26-17-11-14-5-6-16-13-19(25)22(24)18-8-7-15(12-17)20(14)21(16)18/h5-8,11-13,25H,1-4,9-10H2. The van der Waals surface area contributed by atoms with Crippen LogP contribution in [0.5, 0.6) is 11.5 Å². The van der Waals surface area contributed by atoms with Crippen LogP contribution in [0.2, 0.25) is 0 Å². The Kier molecular flexibility index (Phi) is 5.23. The zero-order chi connectivity index (χ0) is 18.1. The number of phenols is 1. The molecule has 0 amide bonds. The molecule has 4 aromatic rings. The van der Waals surface area contributed by atoms with Gasteiger partial charge in [0.05, 0.1) is 11.1 Å². The van der Waals surface area contributed by atoms with Gasteiger partial charge in [0, 0.05) is 10.7 Å². The van der Waals surface area contributed by atoms with Gasteiger partial charge in [0.25, 0.3) is 0 Å². The summed E-state index contributed by atoms with van der Waals surface area (Å²) in [5.41, 5.74) is 0. The van der Waals surface area contributed by atoms with Crippen LogP contribution in [0.4, 0.5) is 0 Å². The van der Waals surface area contributed by atoms with Gasteiger partial charge in [-0.1, -0.05) is 53.0 Å². The summed E-state index contributed by atoms with van der Waals surface area (Å²) >= 11 is 6.99. The molecule has 4 rings (SSSR count). The van der Waals surface area contributed by atoms with Crippen LogP contribution in [0.25, 0.3) is 32.3 Å². The zero-order valence-corrected chi connectivity index (χ0v) is 17.6. The van der Waals surface area contributed by atoms with Gasteiger partial charge in [-0.25, -0.2) is 0 Å². The van der Waals surface area contributed by atoms with E-state index in [9.17, 15) is 5.11 Å². The molecule has 4 heteroatoms. The van der Waals surface area contributed by atoms with Crippen LogP contribution in [-0.2, 0) is 0 Å². The minimum atomic E-state index is 0.278. The van der Waals surface area contributed by atoms with Crippen LogP contribution < -0.4 is 4.74 Å². The van der Waals surface area contributed by atoms with Gasteiger partial charge in [0.15, 0.2) is 0 Å². The van der Waals surface area contributed by atoms with E-state index in [2.05, 4.69) is 68.3 Å². The molecule has 0 unspecified atom stereocenters. The van der Waals surface area contributed by atoms with Crippen molar-refractivity contribution < 1.29 is 9.84 Å². The Bertz CT molecular complexity index is 1040. The second-order valence-electron chi connectivity index (χ2n) is 6.68. The summed E-state index contributed by atoms with van der Waals surface area (Å²) in [7, 11) is 0. The Morgan fingerprint density at radius 3 is 2.19 bits per heavy atom. The fourth-order valence-corrected chi connectivity index (χ4v) is 4.48. The van der Waals surface area contributed by atoms with Crippen LogP contribution in [0.1, 0.15) is 25.7 Å². The lowest BCUT2D eigenvalue weighted by Crippen LogP contribution is -1.97. The van der Waals surface area contributed by atoms with Crippen molar-refractivity contribution in [2.75, 3.05) is 11.9 Å². The molecule has 2 nitrogen and oxygen atoms in total. The van der Waals surface area contributed by atoms with Crippen LogP contribution in [0, 0.1) is 0 Å². The first kappa shape index (κ1) is 17.9. The van der Waals surface area contributed by atoms with E-state index in [1.807, 2.05) is 6.07 Å². The number of alkyl halides is 1. The number of halogens is 2. The molecular weight excluding hydrogens is 456 g/mol. The summed E-state index contributed by atoms with van der Waals surface area (Å²) in [5.74, 6) is 1.21. The number of hydrogen-bond acceptors (Lipinski definition) is 2. The van der Waals surface area contributed by atoms with Crippen LogP contribution in [0.3, 0.4) is 0 Å². The van der Waals surface area contributed by atoms with Crippen molar-refractivity contribution in [1.29, 1.82) is 0 Å². The highest BCUT2D eigenvalue weighted by Crippen LogP contribution is 2.42. The van der Waals surface area contributed by atoms with Gasteiger partial charge in [-0.2, -0.15) is 0 Å². The smallest absolute Gasteiger partial charge is 0.131 e. The molecule has 0 aliphatic carbocycles. The molecule has 1 N–H and O–H groups in total. The fourth-order valence-electron chi connectivity index (χ4n) is 3.64. The van der Waals surface area contributed by atoms with E-state index in [1.165, 1.54) is 40.8 Å². The number of unbranched alkanes of at least 4 members (excludes halogenated alkanes) is 3. The molecule has 0 aliphatic heterocycles. The highest BCUT2D eigenvalue weighted by atomic mass is 79.9. The number of ether oxygens (including phenoxy) is 1. The summed E-state index contributed by atoms with van der Waals surface area (Å²) in [4.78, 5) is 0. The molecule has 0 fully saturated rings. The van der Waals surface area contributed by atoms with E-state index in [-0.39, 0.29) is 5.75 Å². The van der Waals surface area contributed by atoms with Gasteiger partial charge in [-0.3, -0.25) is 0 Å². The maximum absolute atomic E-state index is 10.1. The SMILES string of the molecule is Oc1cc2ccc3cc(OCCCCCCBr)cc4ccc(c1Br)c2c34.